The summed E-state index contributed by atoms with van der Waals surface area (Å²) in [6.07, 6.45) is 12.9. The summed E-state index contributed by atoms with van der Waals surface area (Å²) in [6.45, 7) is 2.06. The highest BCUT2D eigenvalue weighted by atomic mass is 15.1. The normalized spacial score (nSPS) is 23.3. The second kappa shape index (κ2) is 7.40. The molecule has 3 rings (SSSR count). The Morgan fingerprint density at radius 2 is 2.31 bits per heavy atom. The molecule has 26 heavy (non-hydrogen) atoms. The maximum Gasteiger partial charge on any atom is 0.229 e. The highest BCUT2D eigenvalue weighted by Crippen LogP contribution is 2.34. The largest absolute Gasteiger partial charge is 0.402 e. The number of rotatable bonds is 6. The van der Waals surface area contributed by atoms with Crippen molar-refractivity contribution in [3.8, 4) is 6.07 Å². The van der Waals surface area contributed by atoms with Crippen LogP contribution >= 0.6 is 0 Å². The molecule has 0 amide bonds. The van der Waals surface area contributed by atoms with Crippen molar-refractivity contribution >= 4 is 17.6 Å². The van der Waals surface area contributed by atoms with Crippen molar-refractivity contribution in [2.75, 3.05) is 5.32 Å². The molecule has 1 fully saturated rings. The van der Waals surface area contributed by atoms with Crippen LogP contribution in [-0.4, -0.2) is 15.8 Å². The van der Waals surface area contributed by atoms with Crippen molar-refractivity contribution < 1.29 is 0 Å². The van der Waals surface area contributed by atoms with Crippen molar-refractivity contribution in [2.24, 2.45) is 27.8 Å². The lowest BCUT2D eigenvalue weighted by molar-refractivity contribution is 0.439. The topological polar surface area (TPSA) is 126 Å². The smallest absolute Gasteiger partial charge is 0.229 e. The molecule has 5 N–H and O–H groups in total. The van der Waals surface area contributed by atoms with E-state index in [0.29, 0.717) is 29.9 Å². The number of aromatic nitrogens is 2. The van der Waals surface area contributed by atoms with E-state index >= 15 is 0 Å². The van der Waals surface area contributed by atoms with Gasteiger partial charge in [-0.05, 0) is 37.3 Å². The van der Waals surface area contributed by atoms with Gasteiger partial charge < -0.3 is 16.8 Å². The van der Waals surface area contributed by atoms with E-state index < -0.39 is 0 Å². The van der Waals surface area contributed by atoms with Crippen molar-refractivity contribution in [3.63, 3.8) is 0 Å². The summed E-state index contributed by atoms with van der Waals surface area (Å²) in [4.78, 5) is 12.9. The fourth-order valence-corrected chi connectivity index (χ4v) is 2.65. The zero-order valence-corrected chi connectivity index (χ0v) is 14.8. The molecule has 0 bridgehead atoms. The number of hydrogen-bond acceptors (Lipinski definition) is 6. The van der Waals surface area contributed by atoms with Crippen LogP contribution in [0.1, 0.15) is 32.6 Å². The standard InChI is InChI=1S/C19H23N7/c1-19(9-10-20)7-4-14(5-8-19)24-18-23-11-6-17(26-18)25-16(22)12-15(21)13-2-3-13/h4-7,11-13H,2-3,8-9,21H2,1H3,(H3,22,23,24,25,26)/b15-12-. The van der Waals surface area contributed by atoms with Crippen molar-refractivity contribution in [1.82, 2.24) is 9.97 Å². The minimum Gasteiger partial charge on any atom is -0.402 e. The van der Waals surface area contributed by atoms with Gasteiger partial charge >= 0.3 is 0 Å². The summed E-state index contributed by atoms with van der Waals surface area (Å²) in [7, 11) is 0. The lowest BCUT2D eigenvalue weighted by Gasteiger charge is -2.25. The number of anilines is 1. The first kappa shape index (κ1) is 17.7. The lowest BCUT2D eigenvalue weighted by Crippen LogP contribution is -2.16. The Labute approximate surface area is 153 Å². The van der Waals surface area contributed by atoms with E-state index in [4.69, 9.17) is 16.7 Å². The molecule has 0 radical (unpaired) electrons. The average Bonchev–Trinajstić information content (AvgIpc) is 3.43. The first-order valence-corrected chi connectivity index (χ1v) is 8.65. The van der Waals surface area contributed by atoms with Gasteiger partial charge in [-0.15, -0.1) is 0 Å². The van der Waals surface area contributed by atoms with Crippen molar-refractivity contribution in [3.05, 3.63) is 48.0 Å². The predicted octanol–water partition coefficient (Wildman–Crippen LogP) is 2.89. The van der Waals surface area contributed by atoms with Crippen LogP contribution < -0.4 is 16.8 Å². The van der Waals surface area contributed by atoms with Crippen LogP contribution in [0, 0.1) is 22.7 Å². The molecule has 134 valence electrons. The molecule has 2 aliphatic rings. The summed E-state index contributed by atoms with van der Waals surface area (Å²) in [5.74, 6) is 1.69. The molecule has 2 aliphatic carbocycles. The maximum atomic E-state index is 8.90. The van der Waals surface area contributed by atoms with Crippen LogP contribution in [0.15, 0.2) is 53.0 Å². The van der Waals surface area contributed by atoms with E-state index in [1.165, 1.54) is 0 Å². The Hall–Kier alpha value is -3.14. The molecule has 7 nitrogen and oxygen atoms in total. The first-order chi connectivity index (χ1) is 12.5. The predicted molar refractivity (Wildman–Crippen MR) is 102 cm³/mol. The third kappa shape index (κ3) is 4.70. The van der Waals surface area contributed by atoms with Gasteiger partial charge in [-0.25, -0.2) is 9.98 Å². The van der Waals surface area contributed by atoms with E-state index in [1.54, 1.807) is 18.3 Å². The Kier molecular flexibility index (Phi) is 5.03. The summed E-state index contributed by atoms with van der Waals surface area (Å²) < 4.78 is 0. The van der Waals surface area contributed by atoms with Gasteiger partial charge in [0.25, 0.3) is 0 Å². The molecule has 1 saturated carbocycles. The van der Waals surface area contributed by atoms with E-state index in [1.807, 2.05) is 18.2 Å². The molecular formula is C19H23N7. The number of amidine groups is 1. The molecule has 0 aliphatic heterocycles. The van der Waals surface area contributed by atoms with E-state index in [-0.39, 0.29) is 5.41 Å². The lowest BCUT2D eigenvalue weighted by atomic mass is 9.81. The Morgan fingerprint density at radius 1 is 1.50 bits per heavy atom. The Bertz CT molecular complexity index is 840. The van der Waals surface area contributed by atoms with Gasteiger partial charge in [-0.2, -0.15) is 10.2 Å². The minimum atomic E-state index is -0.116. The summed E-state index contributed by atoms with van der Waals surface area (Å²) in [5.41, 5.74) is 13.4. The summed E-state index contributed by atoms with van der Waals surface area (Å²) >= 11 is 0. The van der Waals surface area contributed by atoms with E-state index in [2.05, 4.69) is 33.3 Å². The van der Waals surface area contributed by atoms with E-state index in [0.717, 1.165) is 30.7 Å². The van der Waals surface area contributed by atoms with Gasteiger partial charge in [0, 0.05) is 35.5 Å². The number of nitrogens with zero attached hydrogens (tertiary/aromatic N) is 4. The van der Waals surface area contributed by atoms with Crippen LogP contribution in [0.4, 0.5) is 11.8 Å². The third-order valence-corrected chi connectivity index (χ3v) is 4.44. The second-order valence-electron chi connectivity index (χ2n) is 7.00. The monoisotopic (exact) mass is 349 g/mol. The second-order valence-corrected chi connectivity index (χ2v) is 7.00. The molecular weight excluding hydrogens is 326 g/mol. The minimum absolute atomic E-state index is 0.116. The number of nitriles is 1. The van der Waals surface area contributed by atoms with Crippen molar-refractivity contribution in [2.45, 2.75) is 32.6 Å². The molecule has 0 spiro atoms. The Morgan fingerprint density at radius 3 is 2.96 bits per heavy atom. The molecule has 7 heteroatoms. The fraction of sp³-hybridized carbons (Fsp3) is 0.368. The molecule has 0 aromatic carbocycles. The zero-order chi connectivity index (χ0) is 18.6. The first-order valence-electron chi connectivity index (χ1n) is 8.65. The maximum absolute atomic E-state index is 8.90. The van der Waals surface area contributed by atoms with Crippen LogP contribution in [-0.2, 0) is 0 Å². The summed E-state index contributed by atoms with van der Waals surface area (Å²) in [6, 6.07) is 3.92. The molecule has 1 heterocycles. The molecule has 1 atom stereocenters. The van der Waals surface area contributed by atoms with Gasteiger partial charge in [0.1, 0.15) is 5.84 Å². The number of hydrogen-bond donors (Lipinski definition) is 3. The quantitative estimate of drug-likeness (QED) is 0.535. The molecule has 0 saturated heterocycles. The van der Waals surface area contributed by atoms with Gasteiger partial charge in [0.05, 0.1) is 6.07 Å². The SMILES string of the molecule is CC1(CC#N)C=CC(Nc2nccc(N=C(N)/C=C(\N)C3CC3)n2)=CC1. The highest BCUT2D eigenvalue weighted by Gasteiger charge is 2.24. The van der Waals surface area contributed by atoms with Gasteiger partial charge in [0.15, 0.2) is 5.82 Å². The molecule has 1 aromatic heterocycles. The van der Waals surface area contributed by atoms with Crippen LogP contribution in [0.25, 0.3) is 0 Å². The number of nitrogens with one attached hydrogen (secondary N) is 1. The Balaban J connectivity index is 1.67. The van der Waals surface area contributed by atoms with Gasteiger partial charge in [-0.3, -0.25) is 0 Å². The van der Waals surface area contributed by atoms with Gasteiger partial charge in [0.2, 0.25) is 5.95 Å². The average molecular weight is 349 g/mol. The third-order valence-electron chi connectivity index (χ3n) is 4.44. The zero-order valence-electron chi connectivity index (χ0n) is 14.8. The molecule has 1 aromatic rings. The number of allylic oxidation sites excluding steroid dienone is 4. The van der Waals surface area contributed by atoms with Crippen molar-refractivity contribution in [1.29, 1.82) is 5.26 Å². The van der Waals surface area contributed by atoms with Crippen LogP contribution in [0.2, 0.25) is 0 Å². The number of nitrogens with two attached hydrogens (primary N) is 2. The van der Waals surface area contributed by atoms with Gasteiger partial charge in [-0.1, -0.05) is 19.1 Å². The number of aliphatic imine (C=N–C) groups is 1. The molecule has 1 unspecified atom stereocenters. The van der Waals surface area contributed by atoms with Crippen LogP contribution in [0.3, 0.4) is 0 Å². The fourth-order valence-electron chi connectivity index (χ4n) is 2.65. The van der Waals surface area contributed by atoms with Crippen LogP contribution in [0.5, 0.6) is 0 Å². The highest BCUT2D eigenvalue weighted by molar-refractivity contribution is 5.93. The summed E-state index contributed by atoms with van der Waals surface area (Å²) in [5, 5.41) is 12.1. The van der Waals surface area contributed by atoms with E-state index in [9.17, 15) is 0 Å².